The minimum absolute atomic E-state index is 0.177. The number of nitrogens with zero attached hydrogens (tertiary/aromatic N) is 2. The molecule has 3 rings (SSSR count). The van der Waals surface area contributed by atoms with Crippen molar-refractivity contribution in [3.63, 3.8) is 0 Å². The second-order valence-electron chi connectivity index (χ2n) is 7.50. The average Bonchev–Trinajstić information content (AvgIpc) is 2.88. The Kier molecular flexibility index (Phi) is 8.17. The van der Waals surface area contributed by atoms with E-state index in [-0.39, 0.29) is 11.8 Å². The smallest absolute Gasteiger partial charge is 0.222 e. The molecule has 156 valence electrons. The summed E-state index contributed by atoms with van der Waals surface area (Å²) in [5.41, 5.74) is 4.82. The number of allylic oxidation sites excluding steroid dienone is 3. The molecule has 0 saturated carbocycles. The number of alkyl halides is 1. The first-order valence-electron chi connectivity index (χ1n) is 10.3. The summed E-state index contributed by atoms with van der Waals surface area (Å²) in [4.78, 5) is 19.1. The van der Waals surface area contributed by atoms with Crippen molar-refractivity contribution in [3.05, 3.63) is 50.1 Å². The lowest BCUT2D eigenvalue weighted by atomic mass is 9.76. The normalized spacial score (nSPS) is 20.3. The molecular formula is C23H27Br2ClN2O. The number of amides is 1. The van der Waals surface area contributed by atoms with Crippen molar-refractivity contribution in [2.24, 2.45) is 10.9 Å². The Bertz CT molecular complexity index is 855. The van der Waals surface area contributed by atoms with E-state index in [2.05, 4.69) is 50.9 Å². The number of halogens is 3. The SMILES string of the molecule is CCC(=O)N1CCC(C2C(N=CCBr)=C(CC)C=Cc3cc(Cl)cc(Br)c32)CC1. The number of piperidine rings is 1. The van der Waals surface area contributed by atoms with Crippen molar-refractivity contribution in [3.8, 4) is 0 Å². The zero-order valence-corrected chi connectivity index (χ0v) is 20.9. The number of hydrogen-bond donors (Lipinski definition) is 0. The first kappa shape index (κ1) is 22.8. The predicted octanol–water partition coefficient (Wildman–Crippen LogP) is 6.99. The van der Waals surface area contributed by atoms with Gasteiger partial charge >= 0.3 is 0 Å². The van der Waals surface area contributed by atoms with Crippen molar-refractivity contribution in [1.29, 1.82) is 0 Å². The van der Waals surface area contributed by atoms with Crippen LogP contribution in [0.5, 0.6) is 0 Å². The molecule has 1 unspecified atom stereocenters. The Labute approximate surface area is 195 Å². The van der Waals surface area contributed by atoms with Gasteiger partial charge in [-0.15, -0.1) is 0 Å². The van der Waals surface area contributed by atoms with E-state index >= 15 is 0 Å². The van der Waals surface area contributed by atoms with Crippen LogP contribution in [-0.2, 0) is 4.79 Å². The highest BCUT2D eigenvalue weighted by Crippen LogP contribution is 2.47. The zero-order chi connectivity index (χ0) is 21.0. The van der Waals surface area contributed by atoms with Crippen LogP contribution in [0.3, 0.4) is 0 Å². The van der Waals surface area contributed by atoms with Gasteiger partial charge in [-0.3, -0.25) is 9.79 Å². The third-order valence-corrected chi connectivity index (χ3v) is 7.04. The van der Waals surface area contributed by atoms with Gasteiger partial charge in [0, 0.05) is 46.5 Å². The molecule has 1 atom stereocenters. The van der Waals surface area contributed by atoms with Crippen molar-refractivity contribution >= 4 is 61.7 Å². The molecule has 29 heavy (non-hydrogen) atoms. The van der Waals surface area contributed by atoms with Gasteiger partial charge in [0.2, 0.25) is 5.91 Å². The third-order valence-electron chi connectivity index (χ3n) is 5.87. The third kappa shape index (κ3) is 5.05. The summed E-state index contributed by atoms with van der Waals surface area (Å²) in [6.45, 7) is 5.75. The largest absolute Gasteiger partial charge is 0.343 e. The fraction of sp³-hybridized carbons (Fsp3) is 0.478. The number of carbonyl (C=O) groups excluding carboxylic acids is 1. The van der Waals surface area contributed by atoms with Crippen LogP contribution in [-0.4, -0.2) is 35.4 Å². The molecular weight excluding hydrogens is 516 g/mol. The van der Waals surface area contributed by atoms with Crippen LogP contribution in [0.1, 0.15) is 56.6 Å². The molecule has 1 fully saturated rings. The van der Waals surface area contributed by atoms with E-state index in [1.165, 1.54) is 11.1 Å². The molecule has 0 N–H and O–H groups in total. The number of hydrogen-bond acceptors (Lipinski definition) is 2. The highest BCUT2D eigenvalue weighted by Gasteiger charge is 2.35. The molecule has 3 nitrogen and oxygen atoms in total. The summed E-state index contributed by atoms with van der Waals surface area (Å²) >= 11 is 13.6. The molecule has 1 aliphatic carbocycles. The molecule has 2 aliphatic rings. The number of likely N-dealkylation sites (tertiary alicyclic amines) is 1. The Morgan fingerprint density at radius 1 is 1.28 bits per heavy atom. The average molecular weight is 543 g/mol. The summed E-state index contributed by atoms with van der Waals surface area (Å²) in [6.07, 6.45) is 9.77. The number of benzene rings is 1. The Balaban J connectivity index is 2.07. The molecule has 0 bridgehead atoms. The predicted molar refractivity (Wildman–Crippen MR) is 130 cm³/mol. The molecule has 1 amide bonds. The molecule has 1 aromatic rings. The van der Waals surface area contributed by atoms with Gasteiger partial charge in [-0.05, 0) is 54.0 Å². The first-order chi connectivity index (χ1) is 14.0. The maximum Gasteiger partial charge on any atom is 0.222 e. The van der Waals surface area contributed by atoms with Crippen LogP contribution in [0, 0.1) is 5.92 Å². The van der Waals surface area contributed by atoms with Gasteiger partial charge < -0.3 is 4.90 Å². The van der Waals surface area contributed by atoms with Crippen LogP contribution in [0.15, 0.2) is 38.9 Å². The van der Waals surface area contributed by atoms with Crippen LogP contribution < -0.4 is 0 Å². The number of rotatable bonds is 5. The topological polar surface area (TPSA) is 32.7 Å². The van der Waals surface area contributed by atoms with E-state index in [1.54, 1.807) is 0 Å². The zero-order valence-electron chi connectivity index (χ0n) is 16.9. The van der Waals surface area contributed by atoms with Crippen LogP contribution in [0.2, 0.25) is 5.02 Å². The van der Waals surface area contributed by atoms with Crippen molar-refractivity contribution in [2.75, 3.05) is 18.4 Å². The van der Waals surface area contributed by atoms with Crippen molar-refractivity contribution in [2.45, 2.75) is 45.4 Å². The summed E-state index contributed by atoms with van der Waals surface area (Å²) in [5.74, 6) is 0.855. The Hall–Kier alpha value is -0.910. The highest BCUT2D eigenvalue weighted by atomic mass is 79.9. The van der Waals surface area contributed by atoms with Crippen LogP contribution >= 0.6 is 43.5 Å². The highest BCUT2D eigenvalue weighted by molar-refractivity contribution is 9.10. The van der Waals surface area contributed by atoms with E-state index in [9.17, 15) is 4.79 Å². The summed E-state index contributed by atoms with van der Waals surface area (Å²) in [5, 5.41) is 1.45. The maximum atomic E-state index is 12.2. The van der Waals surface area contributed by atoms with E-state index in [4.69, 9.17) is 16.6 Å². The Morgan fingerprint density at radius 3 is 2.62 bits per heavy atom. The number of fused-ring (bicyclic) bond motifs is 1. The van der Waals surface area contributed by atoms with Crippen molar-refractivity contribution in [1.82, 2.24) is 4.90 Å². The number of aliphatic imine (C=N–C) groups is 1. The minimum Gasteiger partial charge on any atom is -0.343 e. The molecule has 1 aliphatic heterocycles. The van der Waals surface area contributed by atoms with Gasteiger partial charge in [0.1, 0.15) is 0 Å². The van der Waals surface area contributed by atoms with E-state index in [0.717, 1.165) is 58.4 Å². The maximum absolute atomic E-state index is 12.2. The van der Waals surface area contributed by atoms with Gasteiger partial charge in [-0.2, -0.15) is 0 Å². The van der Waals surface area contributed by atoms with Gasteiger partial charge in [-0.25, -0.2) is 0 Å². The summed E-state index contributed by atoms with van der Waals surface area (Å²) < 4.78 is 1.03. The lowest BCUT2D eigenvalue weighted by molar-refractivity contribution is -0.132. The monoisotopic (exact) mass is 540 g/mol. The van der Waals surface area contributed by atoms with Crippen LogP contribution in [0.25, 0.3) is 6.08 Å². The second kappa shape index (κ2) is 10.4. The summed E-state index contributed by atoms with van der Waals surface area (Å²) in [6, 6.07) is 4.03. The van der Waals surface area contributed by atoms with Crippen LogP contribution in [0.4, 0.5) is 0 Å². The molecule has 1 saturated heterocycles. The first-order valence-corrected chi connectivity index (χ1v) is 12.6. The van der Waals surface area contributed by atoms with E-state index in [0.29, 0.717) is 12.3 Å². The van der Waals surface area contributed by atoms with Gasteiger partial charge in [0.25, 0.3) is 0 Å². The fourth-order valence-electron chi connectivity index (χ4n) is 4.44. The van der Waals surface area contributed by atoms with E-state index in [1.807, 2.05) is 30.2 Å². The molecule has 6 heteroatoms. The van der Waals surface area contributed by atoms with Gasteiger partial charge in [0.15, 0.2) is 0 Å². The van der Waals surface area contributed by atoms with Gasteiger partial charge in [-0.1, -0.05) is 69.5 Å². The number of carbonyl (C=O) groups is 1. The summed E-state index contributed by atoms with van der Waals surface area (Å²) in [7, 11) is 0. The standard InChI is InChI=1S/C23H27Br2ClN2O/c1-3-15-5-6-17-13-18(26)14-19(25)21(17)22(23(15)27-10-9-24)16-7-11-28(12-8-16)20(29)4-2/h5-6,10,13-14,16,22H,3-4,7-9,11-12H2,1-2H3. The fourth-order valence-corrected chi connectivity index (χ4v) is 5.67. The van der Waals surface area contributed by atoms with E-state index < -0.39 is 0 Å². The van der Waals surface area contributed by atoms with Crippen molar-refractivity contribution < 1.29 is 4.79 Å². The molecule has 1 aromatic carbocycles. The molecule has 0 aromatic heterocycles. The quantitative estimate of drug-likeness (QED) is 0.292. The molecule has 0 radical (unpaired) electrons. The lowest BCUT2D eigenvalue weighted by Crippen LogP contribution is -2.39. The molecule has 0 spiro atoms. The minimum atomic E-state index is 0.177. The second-order valence-corrected chi connectivity index (χ2v) is 9.44. The lowest BCUT2D eigenvalue weighted by Gasteiger charge is -2.37. The Morgan fingerprint density at radius 2 is 2.00 bits per heavy atom. The van der Waals surface area contributed by atoms with Gasteiger partial charge in [0.05, 0.1) is 5.70 Å². The molecule has 1 heterocycles.